The molecule has 0 saturated carbocycles. The Bertz CT molecular complexity index is 367. The Balaban J connectivity index is 2.51. The second-order valence-corrected chi connectivity index (χ2v) is 3.21. The highest BCUT2D eigenvalue weighted by atomic mass is 16.2. The van der Waals surface area contributed by atoms with Crippen molar-refractivity contribution in [1.82, 2.24) is 15.5 Å². The van der Waals surface area contributed by atoms with Crippen LogP contribution in [0.15, 0.2) is 16.9 Å². The molecule has 1 rings (SSSR count). The van der Waals surface area contributed by atoms with Crippen molar-refractivity contribution in [3.05, 3.63) is 22.5 Å². The van der Waals surface area contributed by atoms with Gasteiger partial charge in [-0.05, 0) is 19.4 Å². The Morgan fingerprint density at radius 3 is 2.87 bits per heavy atom. The summed E-state index contributed by atoms with van der Waals surface area (Å²) in [7, 11) is 0. The molecule has 1 unspecified atom stereocenters. The van der Waals surface area contributed by atoms with Crippen LogP contribution in [-0.2, 0) is 0 Å². The molecule has 3 N–H and O–H groups in total. The average Bonchev–Trinajstić information content (AvgIpc) is 2.21. The van der Waals surface area contributed by atoms with Gasteiger partial charge in [0, 0.05) is 12.1 Å². The van der Waals surface area contributed by atoms with Crippen molar-refractivity contribution in [2.24, 2.45) is 0 Å². The van der Waals surface area contributed by atoms with Crippen LogP contribution in [0.25, 0.3) is 0 Å². The molecule has 0 saturated heterocycles. The first-order valence-corrected chi connectivity index (χ1v) is 4.75. The van der Waals surface area contributed by atoms with E-state index in [-0.39, 0.29) is 17.6 Å². The fourth-order valence-corrected chi connectivity index (χ4v) is 0.892. The van der Waals surface area contributed by atoms with Gasteiger partial charge in [-0.2, -0.15) is 5.10 Å². The third-order valence-corrected chi connectivity index (χ3v) is 1.91. The first-order chi connectivity index (χ1) is 7.11. The number of nitrogens with zero attached hydrogens (tertiary/aromatic N) is 1. The monoisotopic (exact) mass is 210 g/mol. The second-order valence-electron chi connectivity index (χ2n) is 3.21. The van der Waals surface area contributed by atoms with E-state index >= 15 is 0 Å². The lowest BCUT2D eigenvalue weighted by Crippen LogP contribution is -2.36. The third-order valence-electron chi connectivity index (χ3n) is 1.91. The van der Waals surface area contributed by atoms with E-state index in [1.54, 1.807) is 0 Å². The van der Waals surface area contributed by atoms with Gasteiger partial charge in [-0.1, -0.05) is 6.92 Å². The summed E-state index contributed by atoms with van der Waals surface area (Å²) in [5.41, 5.74) is -0.303. The lowest BCUT2D eigenvalue weighted by atomic mass is 10.3. The highest BCUT2D eigenvalue weighted by molar-refractivity contribution is 5.88. The highest BCUT2D eigenvalue weighted by Gasteiger charge is 2.05. The Morgan fingerprint density at radius 1 is 1.60 bits per heavy atom. The smallest absolute Gasteiger partial charge is 0.320 e. The number of anilines is 1. The summed E-state index contributed by atoms with van der Waals surface area (Å²) in [6.07, 6.45) is 0.854. The van der Waals surface area contributed by atoms with Crippen molar-refractivity contribution in [2.75, 3.05) is 5.32 Å². The number of hydrogen-bond acceptors (Lipinski definition) is 3. The van der Waals surface area contributed by atoms with Crippen LogP contribution in [0, 0.1) is 0 Å². The predicted octanol–water partition coefficient (Wildman–Crippen LogP) is 0.690. The molecular formula is C9H14N4O2. The van der Waals surface area contributed by atoms with E-state index in [2.05, 4.69) is 20.8 Å². The largest absolute Gasteiger partial charge is 0.335 e. The number of carbonyl (C=O) groups is 1. The number of hydrogen-bond donors (Lipinski definition) is 3. The van der Waals surface area contributed by atoms with E-state index in [1.807, 2.05) is 13.8 Å². The molecule has 0 aromatic carbocycles. The first kappa shape index (κ1) is 11.2. The van der Waals surface area contributed by atoms with Gasteiger partial charge in [-0.25, -0.2) is 9.89 Å². The number of carbonyl (C=O) groups excluding carboxylic acids is 1. The van der Waals surface area contributed by atoms with Crippen LogP contribution in [0.1, 0.15) is 20.3 Å². The minimum atomic E-state index is -0.330. The summed E-state index contributed by atoms with van der Waals surface area (Å²) >= 11 is 0. The number of aromatic nitrogens is 2. The first-order valence-electron chi connectivity index (χ1n) is 4.75. The van der Waals surface area contributed by atoms with Gasteiger partial charge in [0.15, 0.2) is 5.82 Å². The maximum atomic E-state index is 11.3. The van der Waals surface area contributed by atoms with Gasteiger partial charge >= 0.3 is 6.03 Å². The molecule has 1 aromatic heterocycles. The fourth-order valence-electron chi connectivity index (χ4n) is 0.892. The Labute approximate surface area is 87.1 Å². The van der Waals surface area contributed by atoms with Gasteiger partial charge in [0.25, 0.3) is 5.56 Å². The Hall–Kier alpha value is -1.85. The minimum Gasteiger partial charge on any atom is -0.335 e. The summed E-state index contributed by atoms with van der Waals surface area (Å²) < 4.78 is 0. The van der Waals surface area contributed by atoms with Gasteiger partial charge in [-0.3, -0.25) is 10.1 Å². The van der Waals surface area contributed by atoms with Crippen LogP contribution in [-0.4, -0.2) is 22.3 Å². The number of amides is 2. The van der Waals surface area contributed by atoms with Crippen LogP contribution >= 0.6 is 0 Å². The normalized spacial score (nSPS) is 11.9. The SMILES string of the molecule is CCC(C)NC(=O)Nc1ccc(=O)[nH]n1. The molecule has 0 spiro atoms. The molecule has 0 bridgehead atoms. The summed E-state index contributed by atoms with van der Waals surface area (Å²) in [6.45, 7) is 3.88. The summed E-state index contributed by atoms with van der Waals surface area (Å²) in [6, 6.07) is 2.51. The van der Waals surface area contributed by atoms with Gasteiger partial charge in [0.1, 0.15) is 0 Å². The molecule has 0 fully saturated rings. The van der Waals surface area contributed by atoms with E-state index in [1.165, 1.54) is 12.1 Å². The minimum absolute atomic E-state index is 0.104. The topological polar surface area (TPSA) is 86.9 Å². The molecular weight excluding hydrogens is 196 g/mol. The summed E-state index contributed by atoms with van der Waals surface area (Å²) in [4.78, 5) is 22.0. The van der Waals surface area contributed by atoms with Crippen molar-refractivity contribution < 1.29 is 4.79 Å². The van der Waals surface area contributed by atoms with Crippen molar-refractivity contribution in [2.45, 2.75) is 26.3 Å². The Morgan fingerprint density at radius 2 is 2.33 bits per heavy atom. The van der Waals surface area contributed by atoms with Gasteiger partial charge in [-0.15, -0.1) is 0 Å². The van der Waals surface area contributed by atoms with Crippen LogP contribution in [0.2, 0.25) is 0 Å². The molecule has 6 nitrogen and oxygen atoms in total. The molecule has 0 radical (unpaired) electrons. The fraction of sp³-hybridized carbons (Fsp3) is 0.444. The van der Waals surface area contributed by atoms with Crippen molar-refractivity contribution in [1.29, 1.82) is 0 Å². The molecule has 1 heterocycles. The molecule has 0 aliphatic rings. The number of nitrogens with one attached hydrogen (secondary N) is 3. The molecule has 6 heteroatoms. The molecule has 0 aliphatic carbocycles. The maximum absolute atomic E-state index is 11.3. The number of urea groups is 1. The highest BCUT2D eigenvalue weighted by Crippen LogP contribution is 1.96. The van der Waals surface area contributed by atoms with Gasteiger partial charge in [0.2, 0.25) is 0 Å². The zero-order valence-electron chi connectivity index (χ0n) is 8.70. The standard InChI is InChI=1S/C9H14N4O2/c1-3-6(2)10-9(15)11-7-4-5-8(14)13-12-7/h4-6H,3H2,1-2H3,(H,13,14)(H2,10,11,12,15). The number of aromatic amines is 1. The Kier molecular flexibility index (Phi) is 3.84. The van der Waals surface area contributed by atoms with E-state index in [4.69, 9.17) is 0 Å². The molecule has 82 valence electrons. The predicted molar refractivity (Wildman–Crippen MR) is 56.8 cm³/mol. The van der Waals surface area contributed by atoms with E-state index < -0.39 is 0 Å². The van der Waals surface area contributed by atoms with Crippen molar-refractivity contribution >= 4 is 11.8 Å². The van der Waals surface area contributed by atoms with Gasteiger partial charge < -0.3 is 5.32 Å². The number of H-pyrrole nitrogens is 1. The van der Waals surface area contributed by atoms with E-state index in [0.29, 0.717) is 5.82 Å². The third kappa shape index (κ3) is 3.80. The average molecular weight is 210 g/mol. The van der Waals surface area contributed by atoms with Gasteiger partial charge in [0.05, 0.1) is 0 Å². The lowest BCUT2D eigenvalue weighted by molar-refractivity contribution is 0.249. The quantitative estimate of drug-likeness (QED) is 0.686. The summed E-state index contributed by atoms with van der Waals surface area (Å²) in [5, 5.41) is 11.1. The second kappa shape index (κ2) is 5.14. The van der Waals surface area contributed by atoms with Crippen LogP contribution < -0.4 is 16.2 Å². The lowest BCUT2D eigenvalue weighted by Gasteiger charge is -2.11. The van der Waals surface area contributed by atoms with Crippen LogP contribution in [0.4, 0.5) is 10.6 Å². The maximum Gasteiger partial charge on any atom is 0.320 e. The van der Waals surface area contributed by atoms with E-state index in [9.17, 15) is 9.59 Å². The molecule has 1 atom stereocenters. The molecule has 0 aliphatic heterocycles. The molecule has 15 heavy (non-hydrogen) atoms. The van der Waals surface area contributed by atoms with Crippen molar-refractivity contribution in [3.8, 4) is 0 Å². The zero-order valence-corrected chi connectivity index (χ0v) is 8.70. The van der Waals surface area contributed by atoms with Crippen LogP contribution in [0.5, 0.6) is 0 Å². The van der Waals surface area contributed by atoms with Crippen LogP contribution in [0.3, 0.4) is 0 Å². The number of rotatable bonds is 3. The van der Waals surface area contributed by atoms with Crippen molar-refractivity contribution in [3.63, 3.8) is 0 Å². The molecule has 1 aromatic rings. The zero-order chi connectivity index (χ0) is 11.3. The molecule has 2 amide bonds. The summed E-state index contributed by atoms with van der Waals surface area (Å²) in [5.74, 6) is 0.315. The van der Waals surface area contributed by atoms with E-state index in [0.717, 1.165) is 6.42 Å².